The molecule has 3 nitrogen and oxygen atoms in total. The van der Waals surface area contributed by atoms with Crippen LogP contribution in [-0.4, -0.2) is 23.2 Å². The molecule has 2 N–H and O–H groups in total. The predicted octanol–water partition coefficient (Wildman–Crippen LogP) is 3.58. The fraction of sp³-hybridized carbons (Fsp3) is 0.471. The Morgan fingerprint density at radius 3 is 2.71 bits per heavy atom. The molecule has 1 amide bonds. The second-order valence-electron chi connectivity index (χ2n) is 5.85. The van der Waals surface area contributed by atoms with Crippen LogP contribution in [0, 0.1) is 6.92 Å². The Morgan fingerprint density at radius 2 is 2.10 bits per heavy atom. The summed E-state index contributed by atoms with van der Waals surface area (Å²) in [6.45, 7) is 2.04. The van der Waals surface area contributed by atoms with E-state index in [-0.39, 0.29) is 12.5 Å². The molecule has 114 valence electrons. The fourth-order valence-electron chi connectivity index (χ4n) is 2.79. The average Bonchev–Trinajstić information content (AvgIpc) is 2.47. The number of aliphatic hydroxyl groups excluding tert-OH is 1. The van der Waals surface area contributed by atoms with E-state index in [0.29, 0.717) is 0 Å². The van der Waals surface area contributed by atoms with Gasteiger partial charge in [0.25, 0.3) is 0 Å². The number of nitrogens with one attached hydrogen (secondary N) is 1. The molecule has 0 radical (unpaired) electrons. The standard InChI is InChI=1S/C17H22BrNO2/c1-13-5-6-14(15(18)11-13)7-8-16(21)19-17(12-20)9-3-2-4-10-17/h5-8,11,20H,2-4,9-10,12H2,1H3,(H,19,21). The highest BCUT2D eigenvalue weighted by Gasteiger charge is 2.32. The lowest BCUT2D eigenvalue weighted by molar-refractivity contribution is -0.119. The van der Waals surface area contributed by atoms with Gasteiger partial charge in [-0.05, 0) is 43.0 Å². The van der Waals surface area contributed by atoms with Crippen molar-refractivity contribution in [3.8, 4) is 0 Å². The molecule has 0 aliphatic heterocycles. The summed E-state index contributed by atoms with van der Waals surface area (Å²) >= 11 is 3.50. The number of amides is 1. The summed E-state index contributed by atoms with van der Waals surface area (Å²) in [5.41, 5.74) is 1.71. The van der Waals surface area contributed by atoms with Gasteiger partial charge in [-0.3, -0.25) is 4.79 Å². The Hall–Kier alpha value is -1.13. The number of rotatable bonds is 4. The third kappa shape index (κ3) is 4.42. The predicted molar refractivity (Wildman–Crippen MR) is 89.0 cm³/mol. The third-order valence-electron chi connectivity index (χ3n) is 4.07. The molecule has 21 heavy (non-hydrogen) atoms. The van der Waals surface area contributed by atoms with Gasteiger partial charge in [0.1, 0.15) is 0 Å². The first-order valence-electron chi connectivity index (χ1n) is 7.42. The smallest absolute Gasteiger partial charge is 0.244 e. The zero-order valence-electron chi connectivity index (χ0n) is 12.4. The van der Waals surface area contributed by atoms with Gasteiger partial charge in [-0.2, -0.15) is 0 Å². The van der Waals surface area contributed by atoms with Gasteiger partial charge in [-0.1, -0.05) is 47.3 Å². The Morgan fingerprint density at radius 1 is 1.38 bits per heavy atom. The molecule has 0 bridgehead atoms. The van der Waals surface area contributed by atoms with E-state index < -0.39 is 5.54 Å². The molecule has 0 spiro atoms. The number of aryl methyl sites for hydroxylation is 1. The molecule has 0 saturated heterocycles. The summed E-state index contributed by atoms with van der Waals surface area (Å²) in [7, 11) is 0. The normalized spacial score (nSPS) is 17.9. The summed E-state index contributed by atoms with van der Waals surface area (Å²) in [6, 6.07) is 6.01. The Bertz CT molecular complexity index is 534. The topological polar surface area (TPSA) is 49.3 Å². The number of benzene rings is 1. The number of halogens is 1. The lowest BCUT2D eigenvalue weighted by Gasteiger charge is -2.36. The largest absolute Gasteiger partial charge is 0.394 e. The van der Waals surface area contributed by atoms with Gasteiger partial charge < -0.3 is 10.4 Å². The molecule has 0 unspecified atom stereocenters. The van der Waals surface area contributed by atoms with Gasteiger partial charge in [0.2, 0.25) is 5.91 Å². The average molecular weight is 352 g/mol. The monoisotopic (exact) mass is 351 g/mol. The quantitative estimate of drug-likeness (QED) is 0.814. The van der Waals surface area contributed by atoms with Crippen LogP contribution in [0.3, 0.4) is 0 Å². The van der Waals surface area contributed by atoms with Crippen LogP contribution in [0.4, 0.5) is 0 Å². The van der Waals surface area contributed by atoms with Crippen LogP contribution in [-0.2, 0) is 4.79 Å². The highest BCUT2D eigenvalue weighted by atomic mass is 79.9. The van der Waals surface area contributed by atoms with Gasteiger partial charge in [0, 0.05) is 10.5 Å². The SMILES string of the molecule is Cc1ccc(C=CC(=O)NC2(CO)CCCCC2)c(Br)c1. The molecule has 1 aliphatic carbocycles. The van der Waals surface area contributed by atoms with Gasteiger partial charge in [0.15, 0.2) is 0 Å². The van der Waals surface area contributed by atoms with Crippen molar-refractivity contribution in [2.75, 3.05) is 6.61 Å². The second-order valence-corrected chi connectivity index (χ2v) is 6.70. The molecule has 1 saturated carbocycles. The maximum Gasteiger partial charge on any atom is 0.244 e. The van der Waals surface area contributed by atoms with E-state index in [1.54, 1.807) is 12.2 Å². The molecule has 1 fully saturated rings. The first-order valence-corrected chi connectivity index (χ1v) is 8.21. The van der Waals surface area contributed by atoms with Crippen molar-refractivity contribution in [2.24, 2.45) is 0 Å². The minimum Gasteiger partial charge on any atom is -0.394 e. The fourth-order valence-corrected chi connectivity index (χ4v) is 3.41. The minimum absolute atomic E-state index is 0.0147. The first-order chi connectivity index (χ1) is 10.0. The summed E-state index contributed by atoms with van der Waals surface area (Å²) in [4.78, 5) is 12.1. The third-order valence-corrected chi connectivity index (χ3v) is 4.76. The molecule has 1 aliphatic rings. The van der Waals surface area contributed by atoms with Crippen molar-refractivity contribution in [1.82, 2.24) is 5.32 Å². The van der Waals surface area contributed by atoms with Gasteiger partial charge in [-0.15, -0.1) is 0 Å². The summed E-state index contributed by atoms with van der Waals surface area (Å²) in [5, 5.41) is 12.6. The van der Waals surface area contributed by atoms with Crippen molar-refractivity contribution >= 4 is 27.9 Å². The van der Waals surface area contributed by atoms with E-state index >= 15 is 0 Å². The number of aliphatic hydroxyl groups is 1. The van der Waals surface area contributed by atoms with Crippen LogP contribution < -0.4 is 5.32 Å². The maximum absolute atomic E-state index is 12.1. The van der Waals surface area contributed by atoms with Crippen LogP contribution in [0.25, 0.3) is 6.08 Å². The molecule has 1 aromatic carbocycles. The van der Waals surface area contributed by atoms with E-state index in [1.165, 1.54) is 12.0 Å². The van der Waals surface area contributed by atoms with Crippen LogP contribution >= 0.6 is 15.9 Å². The van der Waals surface area contributed by atoms with Crippen molar-refractivity contribution in [2.45, 2.75) is 44.6 Å². The number of carbonyl (C=O) groups excluding carboxylic acids is 1. The van der Waals surface area contributed by atoms with Crippen molar-refractivity contribution < 1.29 is 9.90 Å². The second kappa shape index (κ2) is 7.23. The number of hydrogen-bond donors (Lipinski definition) is 2. The highest BCUT2D eigenvalue weighted by Crippen LogP contribution is 2.27. The number of carbonyl (C=O) groups is 1. The molecular weight excluding hydrogens is 330 g/mol. The molecule has 4 heteroatoms. The van der Waals surface area contributed by atoms with E-state index in [1.807, 2.05) is 25.1 Å². The summed E-state index contributed by atoms with van der Waals surface area (Å²) in [5.74, 6) is -0.140. The zero-order valence-corrected chi connectivity index (χ0v) is 13.9. The summed E-state index contributed by atoms with van der Waals surface area (Å²) < 4.78 is 0.973. The van der Waals surface area contributed by atoms with Gasteiger partial charge >= 0.3 is 0 Å². The van der Waals surface area contributed by atoms with E-state index in [0.717, 1.165) is 35.7 Å². The Kier molecular flexibility index (Phi) is 5.59. The first kappa shape index (κ1) is 16.2. The molecule has 2 rings (SSSR count). The van der Waals surface area contributed by atoms with Crippen molar-refractivity contribution in [3.63, 3.8) is 0 Å². The van der Waals surface area contributed by atoms with Crippen molar-refractivity contribution in [1.29, 1.82) is 0 Å². The van der Waals surface area contributed by atoms with E-state index in [2.05, 4.69) is 21.2 Å². The molecular formula is C17H22BrNO2. The Balaban J connectivity index is 2.01. The van der Waals surface area contributed by atoms with E-state index in [9.17, 15) is 9.90 Å². The van der Waals surface area contributed by atoms with E-state index in [4.69, 9.17) is 0 Å². The molecule has 0 atom stereocenters. The highest BCUT2D eigenvalue weighted by molar-refractivity contribution is 9.10. The zero-order chi connectivity index (χ0) is 15.3. The van der Waals surface area contributed by atoms with Crippen LogP contribution in [0.2, 0.25) is 0 Å². The maximum atomic E-state index is 12.1. The van der Waals surface area contributed by atoms with Crippen LogP contribution in [0.15, 0.2) is 28.7 Å². The lowest BCUT2D eigenvalue weighted by atomic mass is 9.82. The number of hydrogen-bond acceptors (Lipinski definition) is 2. The molecule has 0 aromatic heterocycles. The van der Waals surface area contributed by atoms with Gasteiger partial charge in [-0.25, -0.2) is 0 Å². The lowest BCUT2D eigenvalue weighted by Crippen LogP contribution is -2.52. The molecule has 0 heterocycles. The Labute approximate surface area is 134 Å². The summed E-state index contributed by atoms with van der Waals surface area (Å²) in [6.07, 6.45) is 8.37. The minimum atomic E-state index is -0.426. The van der Waals surface area contributed by atoms with Crippen LogP contribution in [0.5, 0.6) is 0 Å². The molecule has 1 aromatic rings. The van der Waals surface area contributed by atoms with Gasteiger partial charge in [0.05, 0.1) is 12.1 Å². The van der Waals surface area contributed by atoms with Crippen molar-refractivity contribution in [3.05, 3.63) is 39.9 Å². The van der Waals surface area contributed by atoms with Crippen LogP contribution in [0.1, 0.15) is 43.2 Å².